The molecule has 0 bridgehead atoms. The summed E-state index contributed by atoms with van der Waals surface area (Å²) in [5.41, 5.74) is 3.22. The predicted octanol–water partition coefficient (Wildman–Crippen LogP) is 4.46. The van der Waals surface area contributed by atoms with E-state index in [1.54, 1.807) is 31.0 Å². The van der Waals surface area contributed by atoms with E-state index in [0.717, 1.165) is 33.7 Å². The number of hydrogen-bond acceptors (Lipinski definition) is 5. The van der Waals surface area contributed by atoms with Gasteiger partial charge in [-0.1, -0.05) is 23.9 Å². The number of benzene rings is 2. The molecule has 2 aromatic heterocycles. The summed E-state index contributed by atoms with van der Waals surface area (Å²) < 4.78 is 12.7. The van der Waals surface area contributed by atoms with Crippen molar-refractivity contribution in [3.63, 3.8) is 0 Å². The second kappa shape index (κ2) is 6.88. The number of fused-ring (bicyclic) bond motifs is 2. The lowest BCUT2D eigenvalue weighted by Gasteiger charge is -2.08. The summed E-state index contributed by atoms with van der Waals surface area (Å²) >= 11 is 1.62. The first-order valence-corrected chi connectivity index (χ1v) is 9.37. The van der Waals surface area contributed by atoms with Gasteiger partial charge in [0.1, 0.15) is 11.3 Å². The third kappa shape index (κ3) is 2.97. The van der Waals surface area contributed by atoms with Crippen LogP contribution in [0.15, 0.2) is 62.9 Å². The Kier molecular flexibility index (Phi) is 4.42. The minimum Gasteiger partial charge on any atom is -0.497 e. The summed E-state index contributed by atoms with van der Waals surface area (Å²) in [5.74, 6) is 1.30. The molecular weight excluding hydrogens is 348 g/mol. The fourth-order valence-electron chi connectivity index (χ4n) is 3.07. The summed E-state index contributed by atoms with van der Waals surface area (Å²) in [5, 5.41) is 1.86. The Morgan fingerprint density at radius 3 is 2.85 bits per heavy atom. The molecule has 4 rings (SSSR count). The molecule has 0 aliphatic carbocycles. The SMILES string of the molecule is CCn1c(SCc2cc(=O)oc3cc(OC)ccc23)nc2ccccc21. The maximum Gasteiger partial charge on any atom is 0.336 e. The molecule has 0 saturated heterocycles. The third-order valence-electron chi connectivity index (χ3n) is 4.33. The highest BCUT2D eigenvalue weighted by molar-refractivity contribution is 7.98. The van der Waals surface area contributed by atoms with Crippen molar-refractivity contribution in [1.82, 2.24) is 9.55 Å². The lowest BCUT2D eigenvalue weighted by atomic mass is 10.1. The number of ether oxygens (including phenoxy) is 1. The molecule has 132 valence electrons. The fourth-order valence-corrected chi connectivity index (χ4v) is 4.14. The molecule has 0 aliphatic rings. The van der Waals surface area contributed by atoms with Crippen LogP contribution >= 0.6 is 11.8 Å². The number of thioether (sulfide) groups is 1. The smallest absolute Gasteiger partial charge is 0.336 e. The molecule has 0 atom stereocenters. The number of hydrogen-bond donors (Lipinski definition) is 0. The quantitative estimate of drug-likeness (QED) is 0.385. The number of imidazole rings is 1. The Balaban J connectivity index is 1.71. The van der Waals surface area contributed by atoms with Gasteiger partial charge in [-0.15, -0.1) is 0 Å². The average Bonchev–Trinajstić information content (AvgIpc) is 3.02. The average molecular weight is 366 g/mol. The van der Waals surface area contributed by atoms with Gasteiger partial charge >= 0.3 is 5.63 Å². The summed E-state index contributed by atoms with van der Waals surface area (Å²) in [6.07, 6.45) is 0. The minimum atomic E-state index is -0.356. The van der Waals surface area contributed by atoms with Gasteiger partial charge in [-0.25, -0.2) is 9.78 Å². The van der Waals surface area contributed by atoms with Gasteiger partial charge < -0.3 is 13.7 Å². The van der Waals surface area contributed by atoms with Crippen LogP contribution in [0.3, 0.4) is 0 Å². The van der Waals surface area contributed by atoms with Crippen LogP contribution in [0.1, 0.15) is 12.5 Å². The Hall–Kier alpha value is -2.73. The van der Waals surface area contributed by atoms with Gasteiger partial charge in [-0.05, 0) is 36.8 Å². The summed E-state index contributed by atoms with van der Waals surface area (Å²) in [6.45, 7) is 2.95. The molecule has 0 amide bonds. The zero-order chi connectivity index (χ0) is 18.1. The molecule has 0 spiro atoms. The van der Waals surface area contributed by atoms with E-state index < -0.39 is 0 Å². The van der Waals surface area contributed by atoms with E-state index in [0.29, 0.717) is 17.1 Å². The van der Waals surface area contributed by atoms with E-state index in [2.05, 4.69) is 17.6 Å². The van der Waals surface area contributed by atoms with Crippen LogP contribution in [0, 0.1) is 0 Å². The molecular formula is C20H18N2O3S. The molecule has 0 radical (unpaired) electrons. The number of aryl methyl sites for hydroxylation is 1. The molecule has 0 N–H and O–H groups in total. The van der Waals surface area contributed by atoms with Crippen LogP contribution in [0.5, 0.6) is 5.75 Å². The number of para-hydroxylation sites is 2. The van der Waals surface area contributed by atoms with Gasteiger partial charge in [0.2, 0.25) is 0 Å². The van der Waals surface area contributed by atoms with Gasteiger partial charge in [-0.2, -0.15) is 0 Å². The Morgan fingerprint density at radius 2 is 2.04 bits per heavy atom. The molecule has 0 unspecified atom stereocenters. The van der Waals surface area contributed by atoms with Crippen LogP contribution in [-0.4, -0.2) is 16.7 Å². The Labute approximate surface area is 154 Å². The fraction of sp³-hybridized carbons (Fsp3) is 0.200. The Bertz CT molecular complexity index is 1150. The molecule has 4 aromatic rings. The zero-order valence-electron chi connectivity index (χ0n) is 14.6. The van der Waals surface area contributed by atoms with Crippen molar-refractivity contribution >= 4 is 33.8 Å². The number of nitrogens with zero attached hydrogens (tertiary/aromatic N) is 2. The molecule has 0 saturated carbocycles. The van der Waals surface area contributed by atoms with E-state index in [-0.39, 0.29) is 5.63 Å². The zero-order valence-corrected chi connectivity index (χ0v) is 15.4. The summed E-state index contributed by atoms with van der Waals surface area (Å²) in [6, 6.07) is 15.2. The maximum absolute atomic E-state index is 11.9. The summed E-state index contributed by atoms with van der Waals surface area (Å²) in [7, 11) is 1.59. The second-order valence-corrected chi connectivity index (χ2v) is 6.81. The minimum absolute atomic E-state index is 0.356. The molecule has 5 nitrogen and oxygen atoms in total. The number of rotatable bonds is 5. The van der Waals surface area contributed by atoms with Gasteiger partial charge in [0.15, 0.2) is 5.16 Å². The van der Waals surface area contributed by atoms with Crippen LogP contribution in [0.2, 0.25) is 0 Å². The van der Waals surface area contributed by atoms with Crippen molar-refractivity contribution in [3.8, 4) is 5.75 Å². The van der Waals surface area contributed by atoms with Crippen molar-refractivity contribution in [2.75, 3.05) is 7.11 Å². The van der Waals surface area contributed by atoms with Crippen molar-refractivity contribution in [2.45, 2.75) is 24.4 Å². The van der Waals surface area contributed by atoms with E-state index in [4.69, 9.17) is 14.1 Å². The number of methoxy groups -OCH3 is 1. The lowest BCUT2D eigenvalue weighted by molar-refractivity contribution is 0.414. The van der Waals surface area contributed by atoms with E-state index in [1.165, 1.54) is 0 Å². The maximum atomic E-state index is 11.9. The monoisotopic (exact) mass is 366 g/mol. The van der Waals surface area contributed by atoms with Crippen LogP contribution in [0.25, 0.3) is 22.0 Å². The van der Waals surface area contributed by atoms with Gasteiger partial charge in [-0.3, -0.25) is 0 Å². The van der Waals surface area contributed by atoms with Crippen molar-refractivity contribution < 1.29 is 9.15 Å². The highest BCUT2D eigenvalue weighted by Gasteiger charge is 2.12. The molecule has 0 fully saturated rings. The van der Waals surface area contributed by atoms with E-state index in [9.17, 15) is 4.79 Å². The molecule has 0 aliphatic heterocycles. The molecule has 2 heterocycles. The first-order valence-electron chi connectivity index (χ1n) is 8.38. The van der Waals surface area contributed by atoms with Gasteiger partial charge in [0.25, 0.3) is 0 Å². The Morgan fingerprint density at radius 1 is 1.19 bits per heavy atom. The van der Waals surface area contributed by atoms with Crippen LogP contribution in [0.4, 0.5) is 0 Å². The van der Waals surface area contributed by atoms with Crippen molar-refractivity contribution in [2.24, 2.45) is 0 Å². The van der Waals surface area contributed by atoms with Gasteiger partial charge in [0, 0.05) is 29.8 Å². The van der Waals surface area contributed by atoms with Gasteiger partial charge in [0.05, 0.1) is 18.1 Å². The van der Waals surface area contributed by atoms with Crippen molar-refractivity contribution in [1.29, 1.82) is 0 Å². The van der Waals surface area contributed by atoms with E-state index >= 15 is 0 Å². The number of aromatic nitrogens is 2. The molecule has 26 heavy (non-hydrogen) atoms. The second-order valence-electron chi connectivity index (χ2n) is 5.87. The molecule has 2 aromatic carbocycles. The van der Waals surface area contributed by atoms with Crippen LogP contribution in [-0.2, 0) is 12.3 Å². The first-order chi connectivity index (χ1) is 12.7. The highest BCUT2D eigenvalue weighted by atomic mass is 32.2. The third-order valence-corrected chi connectivity index (χ3v) is 5.36. The largest absolute Gasteiger partial charge is 0.497 e. The standard InChI is InChI=1S/C20H18N2O3S/c1-3-22-17-7-5-4-6-16(17)21-20(22)26-12-13-10-19(23)25-18-11-14(24-2)8-9-15(13)18/h4-11H,3,12H2,1-2H3. The lowest BCUT2D eigenvalue weighted by Crippen LogP contribution is -2.01. The van der Waals surface area contributed by atoms with Crippen molar-refractivity contribution in [3.05, 3.63) is 64.5 Å². The summed E-state index contributed by atoms with van der Waals surface area (Å²) in [4.78, 5) is 16.7. The van der Waals surface area contributed by atoms with Crippen LogP contribution < -0.4 is 10.4 Å². The van der Waals surface area contributed by atoms with E-state index in [1.807, 2.05) is 30.3 Å². The predicted molar refractivity (Wildman–Crippen MR) is 104 cm³/mol. The first kappa shape index (κ1) is 16.7. The highest BCUT2D eigenvalue weighted by Crippen LogP contribution is 2.30. The normalized spacial score (nSPS) is 11.3. The molecule has 6 heteroatoms. The topological polar surface area (TPSA) is 57.3 Å².